The van der Waals surface area contributed by atoms with Crippen molar-refractivity contribution in [2.24, 2.45) is 0 Å². The maximum absolute atomic E-state index is 12.8. The van der Waals surface area contributed by atoms with Gasteiger partial charge in [0.15, 0.2) is 0 Å². The molecule has 0 atom stereocenters. The number of ether oxygens (including phenoxy) is 1. The van der Waals surface area contributed by atoms with Crippen molar-refractivity contribution in [3.8, 4) is 0 Å². The quantitative estimate of drug-likeness (QED) is 0.506. The Kier molecular flexibility index (Phi) is 6.51. The number of hydrogen-bond acceptors (Lipinski definition) is 7. The van der Waals surface area contributed by atoms with Crippen LogP contribution in [-0.4, -0.2) is 54.4 Å². The van der Waals surface area contributed by atoms with Gasteiger partial charge in [-0.1, -0.05) is 11.6 Å². The lowest BCUT2D eigenvalue weighted by molar-refractivity contribution is -0.385. The van der Waals surface area contributed by atoms with Gasteiger partial charge < -0.3 is 10.1 Å². The third kappa shape index (κ3) is 4.84. The fourth-order valence-corrected chi connectivity index (χ4v) is 4.39. The van der Waals surface area contributed by atoms with Gasteiger partial charge in [-0.3, -0.25) is 24.3 Å². The van der Waals surface area contributed by atoms with Crippen molar-refractivity contribution in [2.45, 2.75) is 11.4 Å². The number of pyridine rings is 1. The third-order valence-electron chi connectivity index (χ3n) is 4.31. The zero-order valence-corrected chi connectivity index (χ0v) is 17.1. The van der Waals surface area contributed by atoms with Crippen molar-refractivity contribution < 1.29 is 22.9 Å². The molecule has 1 saturated heterocycles. The molecular formula is C17H17ClN4O7S. The molecule has 13 heteroatoms. The van der Waals surface area contributed by atoms with E-state index in [0.717, 1.165) is 22.9 Å². The van der Waals surface area contributed by atoms with E-state index >= 15 is 0 Å². The number of carbonyl (C=O) groups excluding carboxylic acids is 1. The van der Waals surface area contributed by atoms with Gasteiger partial charge in [-0.05, 0) is 18.2 Å². The first-order chi connectivity index (χ1) is 14.2. The molecule has 1 fully saturated rings. The van der Waals surface area contributed by atoms with E-state index in [1.807, 2.05) is 0 Å². The number of rotatable bonds is 6. The number of hydrogen-bond donors (Lipinski definition) is 1. The van der Waals surface area contributed by atoms with E-state index in [4.69, 9.17) is 16.3 Å². The number of benzene rings is 1. The van der Waals surface area contributed by atoms with Crippen LogP contribution in [0.5, 0.6) is 0 Å². The van der Waals surface area contributed by atoms with Gasteiger partial charge in [0.25, 0.3) is 11.2 Å². The molecule has 0 radical (unpaired) electrons. The minimum Gasteiger partial charge on any atom is -0.379 e. The molecule has 0 spiro atoms. The SMILES string of the molecule is O=C(Cn1cc([N+](=O)[O-])ccc1=O)Nc1cc(S(=O)(=O)N2CCOCC2)ccc1Cl. The molecule has 3 rings (SSSR count). The molecule has 0 aliphatic carbocycles. The van der Waals surface area contributed by atoms with Crippen LogP contribution in [0.4, 0.5) is 11.4 Å². The summed E-state index contributed by atoms with van der Waals surface area (Å²) in [4.78, 5) is 34.3. The molecule has 1 aliphatic rings. The van der Waals surface area contributed by atoms with Crippen LogP contribution in [0.15, 0.2) is 46.2 Å². The number of nitrogens with zero attached hydrogens (tertiary/aromatic N) is 3. The molecule has 0 saturated carbocycles. The number of morpholine rings is 1. The van der Waals surface area contributed by atoms with Gasteiger partial charge in [-0.25, -0.2) is 8.42 Å². The van der Waals surface area contributed by atoms with Crippen LogP contribution in [0.3, 0.4) is 0 Å². The van der Waals surface area contributed by atoms with Crippen molar-refractivity contribution >= 4 is 38.9 Å². The Bertz CT molecular complexity index is 1140. The fourth-order valence-electron chi connectivity index (χ4n) is 2.79. The van der Waals surface area contributed by atoms with Crippen LogP contribution < -0.4 is 10.9 Å². The first-order valence-electron chi connectivity index (χ1n) is 8.70. The smallest absolute Gasteiger partial charge is 0.285 e. The third-order valence-corrected chi connectivity index (χ3v) is 6.54. The summed E-state index contributed by atoms with van der Waals surface area (Å²) in [5.41, 5.74) is -0.918. The average molecular weight is 457 g/mol. The Labute approximate surface area is 176 Å². The molecule has 2 aromatic rings. The second kappa shape index (κ2) is 8.92. The highest BCUT2D eigenvalue weighted by Crippen LogP contribution is 2.27. The molecular weight excluding hydrogens is 440 g/mol. The molecule has 1 aromatic heterocycles. The highest BCUT2D eigenvalue weighted by molar-refractivity contribution is 7.89. The molecule has 1 aromatic carbocycles. The Morgan fingerprint density at radius 1 is 1.23 bits per heavy atom. The Hall–Kier alpha value is -2.80. The monoisotopic (exact) mass is 456 g/mol. The van der Waals surface area contributed by atoms with Crippen LogP contribution >= 0.6 is 11.6 Å². The van der Waals surface area contributed by atoms with Crippen molar-refractivity contribution in [1.82, 2.24) is 8.87 Å². The van der Waals surface area contributed by atoms with Crippen LogP contribution in [0, 0.1) is 10.1 Å². The Balaban J connectivity index is 1.81. The van der Waals surface area contributed by atoms with Crippen molar-refractivity contribution in [3.63, 3.8) is 0 Å². The van der Waals surface area contributed by atoms with Gasteiger partial charge in [0.2, 0.25) is 15.9 Å². The number of anilines is 1. The predicted octanol–water partition coefficient (Wildman–Crippen LogP) is 1.07. The van der Waals surface area contributed by atoms with Crippen LogP contribution in [0.25, 0.3) is 0 Å². The van der Waals surface area contributed by atoms with Gasteiger partial charge in [0, 0.05) is 25.2 Å². The Morgan fingerprint density at radius 3 is 2.60 bits per heavy atom. The van der Waals surface area contributed by atoms with Gasteiger partial charge in [-0.15, -0.1) is 0 Å². The largest absolute Gasteiger partial charge is 0.379 e. The average Bonchev–Trinajstić information content (AvgIpc) is 2.71. The lowest BCUT2D eigenvalue weighted by Gasteiger charge is -2.26. The van der Waals surface area contributed by atoms with Gasteiger partial charge in [0.1, 0.15) is 6.54 Å². The van der Waals surface area contributed by atoms with Crippen molar-refractivity contribution in [1.29, 1.82) is 0 Å². The van der Waals surface area contributed by atoms with Crippen molar-refractivity contribution in [3.05, 3.63) is 62.0 Å². The van der Waals surface area contributed by atoms with E-state index in [9.17, 15) is 28.1 Å². The normalized spacial score (nSPS) is 15.0. The van der Waals surface area contributed by atoms with E-state index in [1.165, 1.54) is 22.5 Å². The fraction of sp³-hybridized carbons (Fsp3) is 0.294. The molecule has 1 aliphatic heterocycles. The summed E-state index contributed by atoms with van der Waals surface area (Å²) >= 11 is 6.08. The zero-order valence-electron chi connectivity index (χ0n) is 15.5. The molecule has 1 amide bonds. The van der Waals surface area contributed by atoms with E-state index in [2.05, 4.69) is 5.32 Å². The van der Waals surface area contributed by atoms with Gasteiger partial charge >= 0.3 is 0 Å². The first-order valence-corrected chi connectivity index (χ1v) is 10.5. The number of aromatic nitrogens is 1. The Morgan fingerprint density at radius 2 is 1.93 bits per heavy atom. The molecule has 30 heavy (non-hydrogen) atoms. The highest BCUT2D eigenvalue weighted by Gasteiger charge is 2.27. The summed E-state index contributed by atoms with van der Waals surface area (Å²) in [6.07, 6.45) is 0.947. The number of amides is 1. The number of carbonyl (C=O) groups is 1. The first kappa shape index (κ1) is 21.9. The van der Waals surface area contributed by atoms with Gasteiger partial charge in [-0.2, -0.15) is 4.31 Å². The molecule has 1 N–H and O–H groups in total. The summed E-state index contributed by atoms with van der Waals surface area (Å²) in [5, 5.41) is 13.4. The number of nitro groups is 1. The summed E-state index contributed by atoms with van der Waals surface area (Å²) < 4.78 is 32.9. The number of nitrogens with one attached hydrogen (secondary N) is 1. The summed E-state index contributed by atoms with van der Waals surface area (Å²) in [7, 11) is -3.80. The minimum absolute atomic E-state index is 0.0366. The maximum atomic E-state index is 12.8. The summed E-state index contributed by atoms with van der Waals surface area (Å²) in [6, 6.07) is 5.90. The molecule has 0 unspecified atom stereocenters. The highest BCUT2D eigenvalue weighted by atomic mass is 35.5. The predicted molar refractivity (Wildman–Crippen MR) is 107 cm³/mol. The van der Waals surface area contributed by atoms with E-state index < -0.39 is 33.0 Å². The van der Waals surface area contributed by atoms with Crippen LogP contribution in [0.1, 0.15) is 0 Å². The van der Waals surface area contributed by atoms with Gasteiger partial charge in [0.05, 0.1) is 39.9 Å². The van der Waals surface area contributed by atoms with E-state index in [-0.39, 0.29) is 47.6 Å². The van der Waals surface area contributed by atoms with Crippen LogP contribution in [0.2, 0.25) is 5.02 Å². The molecule has 0 bridgehead atoms. The minimum atomic E-state index is -3.80. The van der Waals surface area contributed by atoms with Crippen molar-refractivity contribution in [2.75, 3.05) is 31.6 Å². The second-order valence-corrected chi connectivity index (χ2v) is 8.66. The summed E-state index contributed by atoms with van der Waals surface area (Å²) in [5.74, 6) is -0.708. The zero-order chi connectivity index (χ0) is 21.9. The maximum Gasteiger partial charge on any atom is 0.285 e. The topological polar surface area (TPSA) is 141 Å². The second-order valence-electron chi connectivity index (χ2n) is 6.32. The molecule has 11 nitrogen and oxygen atoms in total. The van der Waals surface area contributed by atoms with Crippen LogP contribution in [-0.2, 0) is 26.1 Å². The van der Waals surface area contributed by atoms with E-state index in [0.29, 0.717) is 0 Å². The lowest BCUT2D eigenvalue weighted by atomic mass is 10.3. The molecule has 160 valence electrons. The standard InChI is InChI=1S/C17H17ClN4O7S/c18-14-3-2-13(30(27,28)21-5-7-29-8-6-21)9-15(14)19-16(23)11-20-10-12(22(25)26)1-4-17(20)24/h1-4,9-10H,5-8,11H2,(H,19,23). The summed E-state index contributed by atoms with van der Waals surface area (Å²) in [6.45, 7) is 0.477. The number of halogens is 1. The molecule has 2 heterocycles. The van der Waals surface area contributed by atoms with E-state index in [1.54, 1.807) is 0 Å². The number of sulfonamides is 1. The lowest BCUT2D eigenvalue weighted by Crippen LogP contribution is -2.40.